The molecule has 0 bridgehead atoms. The van der Waals surface area contributed by atoms with E-state index in [4.69, 9.17) is 0 Å². The van der Waals surface area contributed by atoms with Gasteiger partial charge in [-0.3, -0.25) is 0 Å². The summed E-state index contributed by atoms with van der Waals surface area (Å²) in [6.45, 7) is 0. The molecule has 198 valence electrons. The van der Waals surface area contributed by atoms with Gasteiger partial charge in [-0.25, -0.2) is 0 Å². The van der Waals surface area contributed by atoms with Gasteiger partial charge in [0, 0.05) is 0 Å². The number of benzene rings is 6. The Morgan fingerprint density at radius 3 is 0.976 bits per heavy atom. The van der Waals surface area contributed by atoms with Gasteiger partial charge in [-0.15, -0.1) is 0 Å². The van der Waals surface area contributed by atoms with Crippen molar-refractivity contribution in [2.75, 3.05) is 0 Å². The van der Waals surface area contributed by atoms with Gasteiger partial charge in [0.1, 0.15) is 0 Å². The molecule has 6 aromatic rings. The van der Waals surface area contributed by atoms with Gasteiger partial charge in [-0.05, 0) is 89.7 Å². The average Bonchev–Trinajstić information content (AvgIpc) is 3.09. The average molecular weight is 535 g/mol. The van der Waals surface area contributed by atoms with Crippen LogP contribution in [-0.4, -0.2) is 0 Å². The van der Waals surface area contributed by atoms with Gasteiger partial charge in [0.05, 0.1) is 0 Å². The van der Waals surface area contributed by atoms with Crippen molar-refractivity contribution in [3.63, 3.8) is 0 Å². The third-order valence-electron chi connectivity index (χ3n) is 8.74. The fourth-order valence-electron chi connectivity index (χ4n) is 7.02. The minimum atomic E-state index is 0.960. The lowest BCUT2D eigenvalue weighted by Gasteiger charge is -2.27. The van der Waals surface area contributed by atoms with Crippen LogP contribution in [0.2, 0.25) is 0 Å². The highest BCUT2D eigenvalue weighted by Crippen LogP contribution is 2.49. The molecule has 0 unspecified atom stereocenters. The molecule has 0 radical (unpaired) electrons. The topological polar surface area (TPSA) is 0 Å². The maximum Gasteiger partial charge on any atom is -0.00108 e. The molecule has 6 aromatic carbocycles. The van der Waals surface area contributed by atoms with Gasteiger partial charge < -0.3 is 0 Å². The van der Waals surface area contributed by atoms with Gasteiger partial charge in [-0.1, -0.05) is 158 Å². The lowest BCUT2D eigenvalue weighted by Crippen LogP contribution is -2.27. The number of allylic oxidation sites excluding steroid dienone is 4. The van der Waals surface area contributed by atoms with Crippen molar-refractivity contribution in [2.45, 2.75) is 12.8 Å². The Kier molecular flexibility index (Phi) is 6.04. The van der Waals surface area contributed by atoms with E-state index in [9.17, 15) is 0 Å². The summed E-state index contributed by atoms with van der Waals surface area (Å²) in [6.07, 6.45) is 15.8. The molecule has 0 aromatic heterocycles. The molecule has 0 atom stereocenters. The van der Waals surface area contributed by atoms with Crippen LogP contribution in [0.15, 0.2) is 146 Å². The summed E-state index contributed by atoms with van der Waals surface area (Å²) in [5.41, 5.74) is 13.1. The van der Waals surface area contributed by atoms with Crippen LogP contribution >= 0.6 is 0 Å². The lowest BCUT2D eigenvalue weighted by molar-refractivity contribution is 1.11. The van der Waals surface area contributed by atoms with E-state index in [1.807, 2.05) is 0 Å². The highest BCUT2D eigenvalue weighted by molar-refractivity contribution is 6.19. The molecule has 0 heteroatoms. The zero-order valence-electron chi connectivity index (χ0n) is 23.4. The SMILES string of the molecule is C1=CCc2c3c(c4c(-c5ccccc5)c(-c5ccccc5)c(-c5ccccc5)c(-c5ccccc5)c4c2=C1)=CC=CC3. The van der Waals surface area contributed by atoms with Crippen molar-refractivity contribution in [3.8, 4) is 44.5 Å². The van der Waals surface area contributed by atoms with Gasteiger partial charge >= 0.3 is 0 Å². The van der Waals surface area contributed by atoms with E-state index in [1.54, 1.807) is 0 Å². The van der Waals surface area contributed by atoms with Crippen LogP contribution in [0.3, 0.4) is 0 Å². The Hall–Kier alpha value is -5.20. The number of rotatable bonds is 4. The fraction of sp³-hybridized carbons (Fsp3) is 0.0476. The Morgan fingerprint density at radius 2 is 0.643 bits per heavy atom. The quantitative estimate of drug-likeness (QED) is 0.211. The molecule has 0 nitrogen and oxygen atoms in total. The minimum Gasteiger partial charge on any atom is -0.0801 e. The van der Waals surface area contributed by atoms with Crippen LogP contribution in [0.5, 0.6) is 0 Å². The summed E-state index contributed by atoms with van der Waals surface area (Å²) in [4.78, 5) is 0. The van der Waals surface area contributed by atoms with E-state index in [2.05, 4.69) is 158 Å². The summed E-state index contributed by atoms with van der Waals surface area (Å²) < 4.78 is 0. The molecule has 42 heavy (non-hydrogen) atoms. The van der Waals surface area contributed by atoms with Gasteiger partial charge in [0.15, 0.2) is 0 Å². The maximum atomic E-state index is 2.36. The second-order valence-corrected chi connectivity index (χ2v) is 11.1. The summed E-state index contributed by atoms with van der Waals surface area (Å²) in [5.74, 6) is 0. The first-order valence-electron chi connectivity index (χ1n) is 14.8. The number of hydrogen-bond acceptors (Lipinski definition) is 0. The molecule has 0 amide bonds. The third-order valence-corrected chi connectivity index (χ3v) is 8.74. The summed E-state index contributed by atoms with van der Waals surface area (Å²) in [6, 6.07) is 44.1. The van der Waals surface area contributed by atoms with Crippen molar-refractivity contribution < 1.29 is 0 Å². The number of hydrogen-bond donors (Lipinski definition) is 0. The van der Waals surface area contributed by atoms with Crippen LogP contribution in [0.25, 0.3) is 67.4 Å². The summed E-state index contributed by atoms with van der Waals surface area (Å²) in [7, 11) is 0. The largest absolute Gasteiger partial charge is 0.0801 e. The maximum absolute atomic E-state index is 2.36. The molecule has 0 aliphatic heterocycles. The smallest absolute Gasteiger partial charge is 0.00108 e. The highest BCUT2D eigenvalue weighted by atomic mass is 14.3. The molecule has 2 aliphatic carbocycles. The number of fused-ring (bicyclic) bond motifs is 6. The Bertz CT molecular complexity index is 1970. The molecule has 0 heterocycles. The first-order chi connectivity index (χ1) is 20.9. The minimum absolute atomic E-state index is 0.960. The Morgan fingerprint density at radius 1 is 0.333 bits per heavy atom. The van der Waals surface area contributed by atoms with Crippen molar-refractivity contribution >= 4 is 22.9 Å². The predicted octanol–water partition coefficient (Wildman–Crippen LogP) is 9.29. The van der Waals surface area contributed by atoms with Crippen LogP contribution in [0, 0.1) is 0 Å². The van der Waals surface area contributed by atoms with Crippen LogP contribution in [0.1, 0.15) is 11.1 Å². The molecular formula is C42H30. The van der Waals surface area contributed by atoms with Crippen molar-refractivity contribution in [2.24, 2.45) is 0 Å². The van der Waals surface area contributed by atoms with E-state index >= 15 is 0 Å². The van der Waals surface area contributed by atoms with E-state index in [1.165, 1.54) is 76.8 Å². The molecule has 0 fully saturated rings. The molecule has 0 saturated carbocycles. The second kappa shape index (κ2) is 10.3. The normalized spacial score (nSPS) is 13.2. The monoisotopic (exact) mass is 534 g/mol. The second-order valence-electron chi connectivity index (χ2n) is 11.1. The molecule has 0 spiro atoms. The van der Waals surface area contributed by atoms with Gasteiger partial charge in [-0.2, -0.15) is 0 Å². The first-order valence-corrected chi connectivity index (χ1v) is 14.8. The van der Waals surface area contributed by atoms with Crippen LogP contribution in [0.4, 0.5) is 0 Å². The van der Waals surface area contributed by atoms with Crippen molar-refractivity contribution in [3.05, 3.63) is 167 Å². The Balaban J connectivity index is 1.76. The van der Waals surface area contributed by atoms with Crippen molar-refractivity contribution in [1.29, 1.82) is 0 Å². The van der Waals surface area contributed by atoms with Gasteiger partial charge in [0.2, 0.25) is 0 Å². The lowest BCUT2D eigenvalue weighted by atomic mass is 9.75. The molecule has 8 rings (SSSR count). The fourth-order valence-corrected chi connectivity index (χ4v) is 7.02. The van der Waals surface area contributed by atoms with E-state index in [0.29, 0.717) is 0 Å². The summed E-state index contributed by atoms with van der Waals surface area (Å²) in [5, 5.41) is 5.43. The predicted molar refractivity (Wildman–Crippen MR) is 180 cm³/mol. The third kappa shape index (κ3) is 3.91. The van der Waals surface area contributed by atoms with Gasteiger partial charge in [0.25, 0.3) is 0 Å². The standard InChI is InChI=1S/C42H30/c1-5-17-29(18-6-1)37-38(30-19-7-2-8-20-30)40(32-23-11-4-12-24-32)42-36-28-16-14-26-34(36)33-25-13-15-27-35(33)41(42)39(37)31-21-9-3-10-22-31/h1-24,27-28H,25-26H2. The molecular weight excluding hydrogens is 504 g/mol. The van der Waals surface area contributed by atoms with E-state index in [0.717, 1.165) is 12.8 Å². The van der Waals surface area contributed by atoms with E-state index in [-0.39, 0.29) is 0 Å². The van der Waals surface area contributed by atoms with E-state index < -0.39 is 0 Å². The zero-order valence-corrected chi connectivity index (χ0v) is 23.4. The first kappa shape index (κ1) is 24.6. The van der Waals surface area contributed by atoms with Crippen LogP contribution < -0.4 is 10.4 Å². The molecule has 0 N–H and O–H groups in total. The Labute approximate surface area is 246 Å². The molecule has 0 saturated heterocycles. The highest BCUT2D eigenvalue weighted by Gasteiger charge is 2.27. The zero-order chi connectivity index (χ0) is 27.9. The molecule has 2 aliphatic rings. The van der Waals surface area contributed by atoms with Crippen LogP contribution in [-0.2, 0) is 12.8 Å². The van der Waals surface area contributed by atoms with Crippen molar-refractivity contribution in [1.82, 2.24) is 0 Å². The summed E-state index contributed by atoms with van der Waals surface area (Å²) >= 11 is 0.